The van der Waals surface area contributed by atoms with E-state index in [1.165, 1.54) is 40.7 Å². The molecular formula is C24H24NP. The van der Waals surface area contributed by atoms with Crippen molar-refractivity contribution in [3.63, 3.8) is 0 Å². The van der Waals surface area contributed by atoms with Gasteiger partial charge in [-0.3, -0.25) is 0 Å². The van der Waals surface area contributed by atoms with E-state index in [1.807, 2.05) is 5.80 Å². The van der Waals surface area contributed by atoms with E-state index in [1.54, 1.807) is 0 Å². The van der Waals surface area contributed by atoms with Crippen LogP contribution < -0.4 is 5.32 Å². The number of hydrogen-bond acceptors (Lipinski definition) is 1. The third kappa shape index (κ3) is 3.65. The fourth-order valence-corrected chi connectivity index (χ4v) is 4.16. The molecule has 0 amide bonds. The van der Waals surface area contributed by atoms with Gasteiger partial charge < -0.3 is 5.32 Å². The summed E-state index contributed by atoms with van der Waals surface area (Å²) < 4.78 is 0. The molecule has 0 aromatic heterocycles. The predicted octanol–water partition coefficient (Wildman–Crippen LogP) is 5.53. The van der Waals surface area contributed by atoms with Gasteiger partial charge in [-0.15, -0.1) is 8.86 Å². The lowest BCUT2D eigenvalue weighted by Gasteiger charge is -2.25. The van der Waals surface area contributed by atoms with Crippen molar-refractivity contribution in [2.24, 2.45) is 0 Å². The Morgan fingerprint density at radius 1 is 0.808 bits per heavy atom. The Hall–Kier alpha value is -2.21. The highest BCUT2D eigenvalue weighted by molar-refractivity contribution is 7.19. The van der Waals surface area contributed by atoms with Crippen molar-refractivity contribution in [3.8, 4) is 11.1 Å². The van der Waals surface area contributed by atoms with E-state index in [0.717, 1.165) is 6.54 Å². The summed E-state index contributed by atoms with van der Waals surface area (Å²) in [5.41, 5.74) is 6.51. The van der Waals surface area contributed by atoms with Crippen molar-refractivity contribution in [3.05, 3.63) is 95.6 Å². The van der Waals surface area contributed by atoms with Crippen molar-refractivity contribution in [2.75, 3.05) is 6.54 Å². The van der Waals surface area contributed by atoms with E-state index in [0.29, 0.717) is 12.0 Å². The molecule has 0 aliphatic carbocycles. The largest absolute Gasteiger partial charge is 0.313 e. The molecule has 1 fully saturated rings. The van der Waals surface area contributed by atoms with Gasteiger partial charge in [0.1, 0.15) is 0 Å². The van der Waals surface area contributed by atoms with Gasteiger partial charge in [0, 0.05) is 12.0 Å². The average molecular weight is 357 g/mol. The molecule has 1 nitrogen and oxygen atoms in total. The van der Waals surface area contributed by atoms with Crippen LogP contribution in [0.15, 0.2) is 78.9 Å². The number of rotatable bonds is 5. The number of hydrogen-bond donors (Lipinski definition) is 1. The van der Waals surface area contributed by atoms with E-state index < -0.39 is 0 Å². The summed E-state index contributed by atoms with van der Waals surface area (Å²) in [5.74, 6) is 2.35. The van der Waals surface area contributed by atoms with Gasteiger partial charge in [0.05, 0.1) is 0 Å². The molecule has 26 heavy (non-hydrogen) atoms. The van der Waals surface area contributed by atoms with Crippen molar-refractivity contribution >= 4 is 14.7 Å². The summed E-state index contributed by atoms with van der Waals surface area (Å²) in [4.78, 5) is 0. The van der Waals surface area contributed by atoms with E-state index >= 15 is 0 Å². The second kappa shape index (κ2) is 7.99. The molecule has 0 spiro atoms. The van der Waals surface area contributed by atoms with E-state index in [4.69, 9.17) is 0 Å². The summed E-state index contributed by atoms with van der Waals surface area (Å²) in [6.45, 7) is 1.12. The zero-order valence-electron chi connectivity index (χ0n) is 14.9. The maximum atomic E-state index is 3.71. The molecular weight excluding hydrogens is 333 g/mol. The van der Waals surface area contributed by atoms with Crippen LogP contribution in [0.25, 0.3) is 11.1 Å². The van der Waals surface area contributed by atoms with Crippen molar-refractivity contribution in [1.29, 1.82) is 0 Å². The van der Waals surface area contributed by atoms with Gasteiger partial charge in [0.2, 0.25) is 0 Å². The van der Waals surface area contributed by atoms with E-state index in [9.17, 15) is 0 Å². The summed E-state index contributed by atoms with van der Waals surface area (Å²) in [5, 5.41) is 3.71. The Balaban J connectivity index is 1.68. The first kappa shape index (κ1) is 17.2. The Morgan fingerprint density at radius 2 is 1.42 bits per heavy atom. The molecule has 1 aliphatic heterocycles. The molecule has 4 rings (SSSR count). The first-order chi connectivity index (χ1) is 12.8. The lowest BCUT2D eigenvalue weighted by molar-refractivity contribution is 0.540. The highest BCUT2D eigenvalue weighted by atomic mass is 31.0. The molecule has 3 aromatic rings. The standard InChI is InChI=1S/C24H24NP/c26-17-18-8-10-21(11-9-18)24(23-7-4-16-25-23)22-14-12-20(13-15-22)19-5-2-1-3-6-19/h1-3,5-6,8-15,17,23-26H,4,7,16H2. The Bertz CT molecular complexity index is 847. The van der Waals surface area contributed by atoms with Gasteiger partial charge in [-0.25, -0.2) is 0 Å². The topological polar surface area (TPSA) is 12.0 Å². The molecule has 0 bridgehead atoms. The minimum Gasteiger partial charge on any atom is -0.313 e. The molecule has 2 atom stereocenters. The molecule has 1 aliphatic rings. The lowest BCUT2D eigenvalue weighted by Crippen LogP contribution is -2.29. The third-order valence-electron chi connectivity index (χ3n) is 5.34. The molecule has 3 aromatic carbocycles. The van der Waals surface area contributed by atoms with E-state index in [2.05, 4.69) is 93.0 Å². The van der Waals surface area contributed by atoms with Crippen LogP contribution in [0.5, 0.6) is 0 Å². The minimum absolute atomic E-state index is 0.395. The SMILES string of the molecule is P=Cc1ccc(C(c2ccc(-c3ccccc3)cc2)C2CCCN2)cc1. The van der Waals surface area contributed by atoms with Gasteiger partial charge >= 0.3 is 0 Å². The smallest absolute Gasteiger partial charge is 0.0243 e. The van der Waals surface area contributed by atoms with Crippen molar-refractivity contribution in [2.45, 2.75) is 24.8 Å². The van der Waals surface area contributed by atoms with Crippen LogP contribution >= 0.6 is 8.86 Å². The Kier molecular flexibility index (Phi) is 5.29. The van der Waals surface area contributed by atoms with Gasteiger partial charge in [0.15, 0.2) is 0 Å². The zero-order valence-corrected chi connectivity index (χ0v) is 15.9. The summed E-state index contributed by atoms with van der Waals surface area (Å²) in [6.07, 6.45) is 2.49. The summed E-state index contributed by atoms with van der Waals surface area (Å²) in [7, 11) is 3.47. The molecule has 0 saturated carbocycles. The monoisotopic (exact) mass is 357 g/mol. The van der Waals surface area contributed by atoms with E-state index in [-0.39, 0.29) is 0 Å². The average Bonchev–Trinajstić information content (AvgIpc) is 3.24. The maximum Gasteiger partial charge on any atom is 0.0243 e. The first-order valence-corrected chi connectivity index (χ1v) is 9.92. The van der Waals surface area contributed by atoms with Crippen LogP contribution in [-0.2, 0) is 0 Å². The van der Waals surface area contributed by atoms with Crippen LogP contribution in [0.3, 0.4) is 0 Å². The second-order valence-electron chi connectivity index (χ2n) is 6.98. The minimum atomic E-state index is 0.395. The first-order valence-electron chi connectivity index (χ1n) is 9.34. The lowest BCUT2D eigenvalue weighted by atomic mass is 9.83. The molecule has 1 saturated heterocycles. The van der Waals surface area contributed by atoms with Crippen molar-refractivity contribution < 1.29 is 0 Å². The quantitative estimate of drug-likeness (QED) is 0.592. The Labute approximate surface area is 158 Å². The summed E-state index contributed by atoms with van der Waals surface area (Å²) >= 11 is 0. The predicted molar refractivity (Wildman–Crippen MR) is 115 cm³/mol. The highest BCUT2D eigenvalue weighted by Crippen LogP contribution is 2.33. The fourth-order valence-electron chi connectivity index (χ4n) is 3.97. The number of nitrogens with one attached hydrogen (secondary N) is 1. The fraction of sp³-hybridized carbons (Fsp3) is 0.208. The van der Waals surface area contributed by atoms with Crippen LogP contribution in [0, 0.1) is 0 Å². The van der Waals surface area contributed by atoms with Crippen LogP contribution in [-0.4, -0.2) is 18.4 Å². The van der Waals surface area contributed by atoms with Gasteiger partial charge in [-0.2, -0.15) is 0 Å². The van der Waals surface area contributed by atoms with Crippen LogP contribution in [0.1, 0.15) is 35.4 Å². The normalized spacial score (nSPS) is 17.8. The second-order valence-corrected chi connectivity index (χ2v) is 7.27. The molecule has 130 valence electrons. The molecule has 2 unspecified atom stereocenters. The maximum absolute atomic E-state index is 3.71. The molecule has 0 radical (unpaired) electrons. The number of benzene rings is 3. The van der Waals surface area contributed by atoms with Crippen LogP contribution in [0.4, 0.5) is 0 Å². The van der Waals surface area contributed by atoms with Crippen molar-refractivity contribution in [1.82, 2.24) is 5.32 Å². The molecule has 2 heteroatoms. The van der Waals surface area contributed by atoms with Gasteiger partial charge in [-0.05, 0) is 53.0 Å². The third-order valence-corrected chi connectivity index (χ3v) is 5.67. The van der Waals surface area contributed by atoms with Gasteiger partial charge in [0.25, 0.3) is 0 Å². The van der Waals surface area contributed by atoms with Crippen LogP contribution in [0.2, 0.25) is 0 Å². The summed E-state index contributed by atoms with van der Waals surface area (Å²) in [6, 6.07) is 29.1. The molecule has 1 heterocycles. The molecule has 1 N–H and O–H groups in total. The zero-order chi connectivity index (χ0) is 17.8. The highest BCUT2D eigenvalue weighted by Gasteiger charge is 2.27. The van der Waals surface area contributed by atoms with Gasteiger partial charge in [-0.1, -0.05) is 78.9 Å². The Morgan fingerprint density at radius 3 is 2.00 bits per heavy atom.